The molecule has 1 N–H and O–H groups in total. The van der Waals surface area contributed by atoms with Gasteiger partial charge in [-0.25, -0.2) is 4.98 Å². The van der Waals surface area contributed by atoms with Gasteiger partial charge in [-0.15, -0.1) is 11.3 Å². The van der Waals surface area contributed by atoms with Gasteiger partial charge in [0.2, 0.25) is 0 Å². The highest BCUT2D eigenvalue weighted by Crippen LogP contribution is 2.44. The molecule has 0 bridgehead atoms. The normalized spacial score (nSPS) is 35.4. The Bertz CT molecular complexity index is 776. The quantitative estimate of drug-likeness (QED) is 0.819. The van der Waals surface area contributed by atoms with Crippen molar-refractivity contribution in [3.63, 3.8) is 0 Å². The molecule has 5 rings (SSSR count). The number of hydrogen-bond donors (Lipinski definition) is 1. The molecule has 8 heteroatoms. The van der Waals surface area contributed by atoms with Gasteiger partial charge in [0.1, 0.15) is 5.69 Å². The monoisotopic (exact) mass is 363 g/mol. The van der Waals surface area contributed by atoms with Gasteiger partial charge in [0.25, 0.3) is 5.91 Å². The number of amides is 1. The van der Waals surface area contributed by atoms with Gasteiger partial charge in [0.15, 0.2) is 4.96 Å². The summed E-state index contributed by atoms with van der Waals surface area (Å²) in [5.74, 6) is -0.186. The number of carbonyl (C=O) groups excluding carboxylic acids is 1. The molecule has 25 heavy (non-hydrogen) atoms. The third-order valence-corrected chi connectivity index (χ3v) is 6.80. The van der Waals surface area contributed by atoms with E-state index in [9.17, 15) is 9.90 Å². The van der Waals surface area contributed by atoms with Gasteiger partial charge in [-0.05, 0) is 6.42 Å². The molecule has 0 saturated carbocycles. The second kappa shape index (κ2) is 5.77. The van der Waals surface area contributed by atoms with E-state index in [1.807, 2.05) is 20.9 Å². The minimum Gasteiger partial charge on any atom is -0.389 e. The van der Waals surface area contributed by atoms with E-state index in [4.69, 9.17) is 9.47 Å². The summed E-state index contributed by atoms with van der Waals surface area (Å²) in [6, 6.07) is 0.000311. The molecule has 3 saturated heterocycles. The van der Waals surface area contributed by atoms with Crippen LogP contribution in [0.5, 0.6) is 0 Å². The number of fused-ring (bicyclic) bond motifs is 4. The molecule has 4 atom stereocenters. The second-order valence-corrected chi connectivity index (χ2v) is 8.10. The lowest BCUT2D eigenvalue weighted by molar-refractivity contribution is -0.212. The van der Waals surface area contributed by atoms with Crippen LogP contribution in [0.4, 0.5) is 0 Å². The predicted octanol–water partition coefficient (Wildman–Crippen LogP) is 1.02. The second-order valence-electron chi connectivity index (χ2n) is 7.23. The maximum absolute atomic E-state index is 13.2. The summed E-state index contributed by atoms with van der Waals surface area (Å²) >= 11 is 1.51. The maximum Gasteiger partial charge on any atom is 0.274 e. The number of nitrogens with zero attached hydrogens (tertiary/aromatic N) is 3. The van der Waals surface area contributed by atoms with Crippen molar-refractivity contribution in [3.8, 4) is 0 Å². The van der Waals surface area contributed by atoms with Crippen molar-refractivity contribution in [1.29, 1.82) is 0 Å². The summed E-state index contributed by atoms with van der Waals surface area (Å²) < 4.78 is 13.1. The van der Waals surface area contributed by atoms with Gasteiger partial charge in [0.05, 0.1) is 18.8 Å². The smallest absolute Gasteiger partial charge is 0.274 e. The molecule has 1 amide bonds. The third kappa shape index (κ3) is 2.35. The lowest BCUT2D eigenvalue weighted by Gasteiger charge is -2.57. The lowest BCUT2D eigenvalue weighted by Crippen LogP contribution is -2.68. The number of ether oxygens (including phenoxy) is 2. The molecular weight excluding hydrogens is 342 g/mol. The summed E-state index contributed by atoms with van der Waals surface area (Å²) in [4.78, 5) is 20.4. The van der Waals surface area contributed by atoms with Crippen LogP contribution in [0.3, 0.4) is 0 Å². The summed E-state index contributed by atoms with van der Waals surface area (Å²) in [7, 11) is 0. The fourth-order valence-corrected chi connectivity index (χ4v) is 5.37. The molecule has 0 aliphatic carbocycles. The maximum atomic E-state index is 13.2. The van der Waals surface area contributed by atoms with E-state index in [0.717, 1.165) is 11.4 Å². The predicted molar refractivity (Wildman–Crippen MR) is 90.7 cm³/mol. The van der Waals surface area contributed by atoms with Crippen molar-refractivity contribution >= 4 is 22.2 Å². The topological polar surface area (TPSA) is 76.3 Å². The molecular formula is C17H21N3O4S. The van der Waals surface area contributed by atoms with Gasteiger partial charge in [-0.1, -0.05) is 0 Å². The number of hydrogen-bond acceptors (Lipinski definition) is 6. The Morgan fingerprint density at radius 2 is 2.24 bits per heavy atom. The first kappa shape index (κ1) is 15.7. The van der Waals surface area contributed by atoms with Crippen molar-refractivity contribution in [1.82, 2.24) is 14.3 Å². The Hall–Kier alpha value is -1.48. The third-order valence-electron chi connectivity index (χ3n) is 6.03. The molecule has 3 aliphatic rings. The molecule has 0 aromatic carbocycles. The van der Waals surface area contributed by atoms with Crippen LogP contribution in [0, 0.1) is 11.8 Å². The minimum atomic E-state index is -0.797. The van der Waals surface area contributed by atoms with Crippen LogP contribution in [-0.2, 0) is 9.47 Å². The fraction of sp³-hybridized carbons (Fsp3) is 0.647. The molecule has 3 fully saturated rings. The Morgan fingerprint density at radius 3 is 3.12 bits per heavy atom. The summed E-state index contributed by atoms with van der Waals surface area (Å²) in [6.07, 6.45) is 5.07. The molecule has 0 radical (unpaired) electrons. The van der Waals surface area contributed by atoms with E-state index in [2.05, 4.69) is 4.98 Å². The Labute approximate surface area is 149 Å². The van der Waals surface area contributed by atoms with Gasteiger partial charge in [0, 0.05) is 61.8 Å². The van der Waals surface area contributed by atoms with Gasteiger partial charge in [-0.3, -0.25) is 9.20 Å². The summed E-state index contributed by atoms with van der Waals surface area (Å²) in [5, 5.41) is 13.3. The van der Waals surface area contributed by atoms with Crippen LogP contribution in [0.2, 0.25) is 0 Å². The Morgan fingerprint density at radius 1 is 1.36 bits per heavy atom. The summed E-state index contributed by atoms with van der Waals surface area (Å²) in [5.41, 5.74) is -0.325. The molecule has 2 aromatic rings. The minimum absolute atomic E-state index is 0.000311. The first-order chi connectivity index (χ1) is 12.2. The summed E-state index contributed by atoms with van der Waals surface area (Å²) in [6.45, 7) is 2.70. The highest BCUT2D eigenvalue weighted by Gasteiger charge is 2.56. The Kier molecular flexibility index (Phi) is 3.63. The molecule has 0 spiro atoms. The molecule has 0 unspecified atom stereocenters. The van der Waals surface area contributed by atoms with Crippen molar-refractivity contribution in [2.24, 2.45) is 11.8 Å². The first-order valence-corrected chi connectivity index (χ1v) is 9.66. The van der Waals surface area contributed by atoms with Crippen LogP contribution in [0.1, 0.15) is 23.3 Å². The number of thiazole rings is 1. The number of likely N-dealkylation sites (tertiary alicyclic amines) is 1. The van der Waals surface area contributed by atoms with Gasteiger partial charge >= 0.3 is 0 Å². The van der Waals surface area contributed by atoms with Crippen molar-refractivity contribution < 1.29 is 19.4 Å². The highest BCUT2D eigenvalue weighted by atomic mass is 32.1. The van der Waals surface area contributed by atoms with Crippen LogP contribution >= 0.6 is 11.3 Å². The molecule has 3 aliphatic heterocycles. The SMILES string of the molecule is O=C(c1cn2ccsc2n1)N1C[C@H]2COCC[C@@]2(O)[C@@H]2COCC[C@@H]21. The van der Waals surface area contributed by atoms with Crippen LogP contribution < -0.4 is 0 Å². The average Bonchev–Trinajstić information content (AvgIpc) is 3.22. The number of piperidine rings is 1. The molecule has 7 nitrogen and oxygen atoms in total. The zero-order valence-corrected chi connectivity index (χ0v) is 14.7. The van der Waals surface area contributed by atoms with E-state index in [-0.39, 0.29) is 23.8 Å². The van der Waals surface area contributed by atoms with E-state index >= 15 is 0 Å². The van der Waals surface area contributed by atoms with Crippen molar-refractivity contribution in [3.05, 3.63) is 23.5 Å². The average molecular weight is 363 g/mol. The van der Waals surface area contributed by atoms with Crippen LogP contribution in [-0.4, -0.2) is 69.9 Å². The Balaban J connectivity index is 1.49. The molecule has 2 aromatic heterocycles. The van der Waals surface area contributed by atoms with Gasteiger partial charge < -0.3 is 19.5 Å². The number of carbonyl (C=O) groups is 1. The molecule has 5 heterocycles. The number of aromatic nitrogens is 2. The van der Waals surface area contributed by atoms with Crippen LogP contribution in [0.25, 0.3) is 4.96 Å². The van der Waals surface area contributed by atoms with Crippen molar-refractivity contribution in [2.45, 2.75) is 24.5 Å². The highest BCUT2D eigenvalue weighted by molar-refractivity contribution is 7.15. The first-order valence-electron chi connectivity index (χ1n) is 8.78. The van der Waals surface area contributed by atoms with E-state index in [1.165, 1.54) is 11.3 Å². The number of imidazole rings is 1. The lowest BCUT2D eigenvalue weighted by atomic mass is 9.66. The standard InChI is InChI=1S/C17H21N3O4S/c21-15(13-8-19-3-6-25-16(19)18-13)20-7-11-9-24-5-2-17(11,22)12-10-23-4-1-14(12)20/h3,6,8,11-12,14,22H,1-2,4-5,7,9-10H2/t11-,12+,14-,17-/m0/s1. The molecule has 134 valence electrons. The van der Waals surface area contributed by atoms with Crippen LogP contribution in [0.15, 0.2) is 17.8 Å². The van der Waals surface area contributed by atoms with E-state index < -0.39 is 5.60 Å². The fourth-order valence-electron chi connectivity index (χ4n) is 4.67. The largest absolute Gasteiger partial charge is 0.389 e. The van der Waals surface area contributed by atoms with Gasteiger partial charge in [-0.2, -0.15) is 0 Å². The number of rotatable bonds is 1. The van der Waals surface area contributed by atoms with Crippen molar-refractivity contribution in [2.75, 3.05) is 33.0 Å². The van der Waals surface area contributed by atoms with E-state index in [0.29, 0.717) is 45.1 Å². The zero-order chi connectivity index (χ0) is 17.0. The zero-order valence-electron chi connectivity index (χ0n) is 13.8. The van der Waals surface area contributed by atoms with E-state index in [1.54, 1.807) is 6.20 Å². The number of aliphatic hydroxyl groups is 1.